The maximum atomic E-state index is 9.73. The van der Waals surface area contributed by atoms with Gasteiger partial charge < -0.3 is 9.84 Å². The quantitative estimate of drug-likeness (QED) is 0.914. The van der Waals surface area contributed by atoms with Crippen molar-refractivity contribution in [3.8, 4) is 0 Å². The summed E-state index contributed by atoms with van der Waals surface area (Å²) in [6, 6.07) is 10.3. The molecule has 128 valence electrons. The third kappa shape index (κ3) is 3.80. The molecule has 0 spiro atoms. The van der Waals surface area contributed by atoms with Crippen LogP contribution in [0.4, 0.5) is 0 Å². The van der Waals surface area contributed by atoms with Crippen LogP contribution in [0.5, 0.6) is 0 Å². The minimum atomic E-state index is -0.211. The van der Waals surface area contributed by atoms with Crippen LogP contribution in [0.15, 0.2) is 42.7 Å². The molecule has 2 atom stereocenters. The van der Waals surface area contributed by atoms with Gasteiger partial charge in [0.15, 0.2) is 0 Å². The Kier molecular flexibility index (Phi) is 5.56. The van der Waals surface area contributed by atoms with Crippen LogP contribution in [0.3, 0.4) is 0 Å². The van der Waals surface area contributed by atoms with E-state index in [9.17, 15) is 5.11 Å². The van der Waals surface area contributed by atoms with Crippen molar-refractivity contribution in [1.29, 1.82) is 0 Å². The molecule has 1 aromatic carbocycles. The highest BCUT2D eigenvalue weighted by Crippen LogP contribution is 2.30. The lowest BCUT2D eigenvalue weighted by Crippen LogP contribution is -2.46. The molecule has 0 bridgehead atoms. The van der Waals surface area contributed by atoms with E-state index < -0.39 is 0 Å². The molecule has 2 heterocycles. The average Bonchev–Trinajstić information content (AvgIpc) is 2.62. The van der Waals surface area contributed by atoms with E-state index >= 15 is 0 Å². The fourth-order valence-corrected chi connectivity index (χ4v) is 3.17. The van der Waals surface area contributed by atoms with Crippen LogP contribution in [0.2, 0.25) is 0 Å². The second-order valence-corrected chi connectivity index (χ2v) is 6.52. The zero-order valence-corrected chi connectivity index (χ0v) is 14.3. The standard InChI is InChI=1S/C19H25N3O2/c1-14(2)19-20-10-15(11-21-19)12-22-8-9-24-17(13-23)18(22)16-6-4-3-5-7-16/h3-7,10-11,14,17-18,23H,8-9,12-13H2,1-2H3/t17-,18-/m1/s1. The number of ether oxygens (including phenoxy) is 1. The lowest BCUT2D eigenvalue weighted by Gasteiger charge is -2.40. The Morgan fingerprint density at radius 2 is 1.92 bits per heavy atom. The van der Waals surface area contributed by atoms with Gasteiger partial charge in [-0.1, -0.05) is 44.2 Å². The molecule has 3 rings (SSSR count). The van der Waals surface area contributed by atoms with Gasteiger partial charge >= 0.3 is 0 Å². The van der Waals surface area contributed by atoms with Crippen LogP contribution in [0, 0.1) is 0 Å². The van der Waals surface area contributed by atoms with E-state index in [4.69, 9.17) is 4.74 Å². The minimum absolute atomic E-state index is 0.0127. The summed E-state index contributed by atoms with van der Waals surface area (Å²) in [5.41, 5.74) is 2.25. The molecule has 1 aliphatic heterocycles. The first-order chi connectivity index (χ1) is 11.7. The van der Waals surface area contributed by atoms with Crippen molar-refractivity contribution in [3.63, 3.8) is 0 Å². The number of hydrogen-bond donors (Lipinski definition) is 1. The van der Waals surface area contributed by atoms with Gasteiger partial charge in [-0.15, -0.1) is 0 Å². The summed E-state index contributed by atoms with van der Waals surface area (Å²) in [6.07, 6.45) is 3.61. The van der Waals surface area contributed by atoms with Crippen molar-refractivity contribution in [2.75, 3.05) is 19.8 Å². The number of nitrogens with zero attached hydrogens (tertiary/aromatic N) is 3. The topological polar surface area (TPSA) is 58.5 Å². The molecular formula is C19H25N3O2. The van der Waals surface area contributed by atoms with Crippen LogP contribution in [-0.4, -0.2) is 45.8 Å². The maximum Gasteiger partial charge on any atom is 0.130 e. The molecule has 0 aliphatic carbocycles. The third-order valence-electron chi connectivity index (χ3n) is 4.40. The van der Waals surface area contributed by atoms with Crippen molar-refractivity contribution >= 4 is 0 Å². The second kappa shape index (κ2) is 7.83. The summed E-state index contributed by atoms with van der Waals surface area (Å²) in [6.45, 7) is 6.39. The van der Waals surface area contributed by atoms with Crippen LogP contribution >= 0.6 is 0 Å². The van der Waals surface area contributed by atoms with E-state index in [1.807, 2.05) is 30.6 Å². The number of aliphatic hydroxyl groups is 1. The first kappa shape index (κ1) is 17.0. The second-order valence-electron chi connectivity index (χ2n) is 6.52. The van der Waals surface area contributed by atoms with Gasteiger partial charge in [-0.3, -0.25) is 4.90 Å². The number of rotatable bonds is 5. The van der Waals surface area contributed by atoms with Crippen molar-refractivity contribution in [2.24, 2.45) is 0 Å². The molecule has 5 heteroatoms. The van der Waals surface area contributed by atoms with Gasteiger partial charge in [-0.2, -0.15) is 0 Å². The Morgan fingerprint density at radius 1 is 1.21 bits per heavy atom. The SMILES string of the molecule is CC(C)c1ncc(CN2CCO[C@H](CO)[C@H]2c2ccccc2)cn1. The highest BCUT2D eigenvalue weighted by atomic mass is 16.5. The molecule has 1 aliphatic rings. The molecule has 0 amide bonds. The lowest BCUT2D eigenvalue weighted by molar-refractivity contribution is -0.0961. The zero-order chi connectivity index (χ0) is 16.9. The van der Waals surface area contributed by atoms with Crippen LogP contribution < -0.4 is 0 Å². The number of aromatic nitrogens is 2. The van der Waals surface area contributed by atoms with E-state index in [2.05, 4.69) is 40.8 Å². The Bertz CT molecular complexity index is 631. The summed E-state index contributed by atoms with van der Waals surface area (Å²) < 4.78 is 5.79. The molecule has 0 saturated carbocycles. The zero-order valence-electron chi connectivity index (χ0n) is 14.3. The molecule has 24 heavy (non-hydrogen) atoms. The van der Waals surface area contributed by atoms with Crippen LogP contribution in [-0.2, 0) is 11.3 Å². The van der Waals surface area contributed by atoms with Gasteiger partial charge in [0.25, 0.3) is 0 Å². The van der Waals surface area contributed by atoms with Crippen molar-refractivity contribution in [3.05, 3.63) is 59.7 Å². The Balaban J connectivity index is 1.81. The van der Waals surface area contributed by atoms with E-state index in [0.29, 0.717) is 12.5 Å². The molecule has 1 N–H and O–H groups in total. The number of benzene rings is 1. The fourth-order valence-electron chi connectivity index (χ4n) is 3.17. The molecule has 1 fully saturated rings. The molecule has 1 aromatic heterocycles. The number of aliphatic hydroxyl groups excluding tert-OH is 1. The van der Waals surface area contributed by atoms with Crippen molar-refractivity contribution in [2.45, 2.75) is 38.5 Å². The van der Waals surface area contributed by atoms with Gasteiger partial charge in [0.1, 0.15) is 11.9 Å². The van der Waals surface area contributed by atoms with Crippen LogP contribution in [0.25, 0.3) is 0 Å². The summed E-state index contributed by atoms with van der Waals surface area (Å²) in [7, 11) is 0. The first-order valence-corrected chi connectivity index (χ1v) is 8.51. The molecule has 2 aromatic rings. The van der Waals surface area contributed by atoms with E-state index in [0.717, 1.165) is 30.0 Å². The molecule has 5 nitrogen and oxygen atoms in total. The predicted octanol–water partition coefficient (Wildman–Crippen LogP) is 2.53. The summed E-state index contributed by atoms with van der Waals surface area (Å²) in [4.78, 5) is 11.3. The van der Waals surface area contributed by atoms with E-state index in [1.165, 1.54) is 0 Å². The number of hydrogen-bond acceptors (Lipinski definition) is 5. The summed E-state index contributed by atoms with van der Waals surface area (Å²) in [5.74, 6) is 1.20. The van der Waals surface area contributed by atoms with Crippen molar-refractivity contribution in [1.82, 2.24) is 14.9 Å². The van der Waals surface area contributed by atoms with E-state index in [-0.39, 0.29) is 18.8 Å². The van der Waals surface area contributed by atoms with Gasteiger partial charge in [0.05, 0.1) is 19.3 Å². The molecule has 0 radical (unpaired) electrons. The smallest absolute Gasteiger partial charge is 0.130 e. The Morgan fingerprint density at radius 3 is 2.54 bits per heavy atom. The van der Waals surface area contributed by atoms with Crippen molar-refractivity contribution < 1.29 is 9.84 Å². The summed E-state index contributed by atoms with van der Waals surface area (Å²) in [5, 5.41) is 9.73. The normalized spacial score (nSPS) is 22.0. The minimum Gasteiger partial charge on any atom is -0.394 e. The third-order valence-corrected chi connectivity index (χ3v) is 4.40. The Labute approximate surface area is 143 Å². The maximum absolute atomic E-state index is 9.73. The van der Waals surface area contributed by atoms with Crippen LogP contribution in [0.1, 0.15) is 42.8 Å². The average molecular weight is 327 g/mol. The van der Waals surface area contributed by atoms with Gasteiger partial charge in [0, 0.05) is 37.0 Å². The lowest BCUT2D eigenvalue weighted by atomic mass is 9.98. The van der Waals surface area contributed by atoms with Gasteiger partial charge in [-0.05, 0) is 5.56 Å². The molecule has 1 saturated heterocycles. The molecular weight excluding hydrogens is 302 g/mol. The fraction of sp³-hybridized carbons (Fsp3) is 0.474. The van der Waals surface area contributed by atoms with E-state index in [1.54, 1.807) is 0 Å². The largest absolute Gasteiger partial charge is 0.394 e. The predicted molar refractivity (Wildman–Crippen MR) is 92.5 cm³/mol. The highest BCUT2D eigenvalue weighted by molar-refractivity contribution is 5.21. The summed E-state index contributed by atoms with van der Waals surface area (Å²) >= 11 is 0. The highest BCUT2D eigenvalue weighted by Gasteiger charge is 2.33. The Hall–Kier alpha value is -1.82. The van der Waals surface area contributed by atoms with Gasteiger partial charge in [-0.25, -0.2) is 9.97 Å². The van der Waals surface area contributed by atoms with Gasteiger partial charge in [0.2, 0.25) is 0 Å². The number of morpholine rings is 1. The monoisotopic (exact) mass is 327 g/mol. The first-order valence-electron chi connectivity index (χ1n) is 8.51. The molecule has 0 unspecified atom stereocenters.